The van der Waals surface area contributed by atoms with Crippen LogP contribution < -0.4 is 5.32 Å². The lowest BCUT2D eigenvalue weighted by atomic mass is 10.0. The summed E-state index contributed by atoms with van der Waals surface area (Å²) in [5.74, 6) is 0.622. The molecule has 1 rings (SSSR count). The molecule has 8 heavy (non-hydrogen) atoms. The van der Waals surface area contributed by atoms with Gasteiger partial charge in [0, 0.05) is 0 Å². The van der Waals surface area contributed by atoms with E-state index in [0.717, 1.165) is 0 Å². The Balaban J connectivity index is 2.63. The van der Waals surface area contributed by atoms with E-state index in [9.17, 15) is 0 Å². The van der Waals surface area contributed by atoms with Crippen LogP contribution >= 0.6 is 0 Å². The molecule has 1 aliphatic rings. The van der Waals surface area contributed by atoms with Gasteiger partial charge in [0.15, 0.2) is 0 Å². The van der Waals surface area contributed by atoms with Gasteiger partial charge in [-0.05, 0) is 25.2 Å². The third kappa shape index (κ3) is 0.915. The fraction of sp³-hybridized carbons (Fsp3) is 0.429. The maximum atomic E-state index is 3.02. The molecule has 1 atom stereocenters. The van der Waals surface area contributed by atoms with Crippen LogP contribution in [-0.4, -0.2) is 0 Å². The highest BCUT2D eigenvalue weighted by Crippen LogP contribution is 2.11. The lowest BCUT2D eigenvalue weighted by Crippen LogP contribution is -2.05. The topological polar surface area (TPSA) is 12.0 Å². The molecular weight excluding hydrogens is 98.1 g/mol. The van der Waals surface area contributed by atoms with E-state index in [1.54, 1.807) is 0 Å². The summed E-state index contributed by atoms with van der Waals surface area (Å²) < 4.78 is 0. The Labute approximate surface area is 50.1 Å². The summed E-state index contributed by atoms with van der Waals surface area (Å²) in [5.41, 5.74) is 1.40. The summed E-state index contributed by atoms with van der Waals surface area (Å²) in [6, 6.07) is 0. The first-order valence-electron chi connectivity index (χ1n) is 2.90. The Kier molecular flexibility index (Phi) is 1.38. The molecule has 0 bridgehead atoms. The van der Waals surface area contributed by atoms with E-state index in [1.165, 1.54) is 5.57 Å². The average molecular weight is 109 g/mol. The Bertz CT molecular complexity index is 133. The second-order valence-corrected chi connectivity index (χ2v) is 2.20. The van der Waals surface area contributed by atoms with Crippen molar-refractivity contribution >= 4 is 0 Å². The highest BCUT2D eigenvalue weighted by molar-refractivity contribution is 5.13. The van der Waals surface area contributed by atoms with Crippen LogP contribution in [-0.2, 0) is 0 Å². The van der Waals surface area contributed by atoms with Gasteiger partial charge in [-0.1, -0.05) is 18.6 Å². The van der Waals surface area contributed by atoms with Crippen molar-refractivity contribution in [2.45, 2.75) is 13.8 Å². The highest BCUT2D eigenvalue weighted by atomic mass is 14.8. The summed E-state index contributed by atoms with van der Waals surface area (Å²) in [7, 11) is 0. The first-order chi connectivity index (χ1) is 3.80. The van der Waals surface area contributed by atoms with E-state index in [1.807, 2.05) is 12.4 Å². The molecule has 0 aromatic rings. The van der Waals surface area contributed by atoms with Gasteiger partial charge < -0.3 is 5.32 Å². The Hall–Kier alpha value is -0.720. The zero-order valence-corrected chi connectivity index (χ0v) is 5.31. The van der Waals surface area contributed by atoms with Gasteiger partial charge in [-0.15, -0.1) is 0 Å². The monoisotopic (exact) mass is 109 g/mol. The van der Waals surface area contributed by atoms with E-state index >= 15 is 0 Å². The van der Waals surface area contributed by atoms with Gasteiger partial charge in [0.1, 0.15) is 0 Å². The molecule has 0 spiro atoms. The third-order valence-corrected chi connectivity index (χ3v) is 1.51. The van der Waals surface area contributed by atoms with Gasteiger partial charge in [0.2, 0.25) is 0 Å². The maximum absolute atomic E-state index is 3.02. The van der Waals surface area contributed by atoms with Gasteiger partial charge in [-0.25, -0.2) is 0 Å². The second kappa shape index (κ2) is 2.03. The number of dihydropyridines is 1. The van der Waals surface area contributed by atoms with Crippen LogP contribution in [0.1, 0.15) is 13.8 Å². The number of nitrogens with one attached hydrogen (secondary N) is 1. The van der Waals surface area contributed by atoms with Crippen molar-refractivity contribution in [3.05, 3.63) is 24.0 Å². The van der Waals surface area contributed by atoms with Gasteiger partial charge >= 0.3 is 0 Å². The average Bonchev–Trinajstić information content (AvgIpc) is 1.77. The zero-order valence-electron chi connectivity index (χ0n) is 5.31. The van der Waals surface area contributed by atoms with Crippen LogP contribution in [0.3, 0.4) is 0 Å². The summed E-state index contributed by atoms with van der Waals surface area (Å²) in [5, 5.41) is 3.02. The van der Waals surface area contributed by atoms with E-state index in [0.29, 0.717) is 5.92 Å². The summed E-state index contributed by atoms with van der Waals surface area (Å²) in [6.45, 7) is 4.31. The smallest absolute Gasteiger partial charge is 0.0000658 e. The van der Waals surface area contributed by atoms with Crippen LogP contribution in [0, 0.1) is 5.92 Å². The van der Waals surface area contributed by atoms with Crippen molar-refractivity contribution in [3.8, 4) is 0 Å². The largest absolute Gasteiger partial charge is 0.368 e. The van der Waals surface area contributed by atoms with Crippen LogP contribution in [0.2, 0.25) is 0 Å². The van der Waals surface area contributed by atoms with Crippen molar-refractivity contribution in [1.82, 2.24) is 5.32 Å². The predicted octanol–water partition coefficient (Wildman–Crippen LogP) is 1.64. The maximum Gasteiger partial charge on any atom is -0.0000658 e. The highest BCUT2D eigenvalue weighted by Gasteiger charge is 2.00. The Morgan fingerprint density at radius 1 is 1.62 bits per heavy atom. The molecule has 1 heterocycles. The number of hydrogen-bond donors (Lipinski definition) is 1. The molecule has 0 saturated heterocycles. The molecule has 0 radical (unpaired) electrons. The standard InChI is InChI=1S/C7H11N/c1-6-3-4-8-5-7(6)2/h3-6,8H,1-2H3. The first-order valence-corrected chi connectivity index (χ1v) is 2.90. The number of rotatable bonds is 0. The molecule has 0 aromatic carbocycles. The van der Waals surface area contributed by atoms with E-state index in [2.05, 4.69) is 25.2 Å². The summed E-state index contributed by atoms with van der Waals surface area (Å²) in [6.07, 6.45) is 6.15. The summed E-state index contributed by atoms with van der Waals surface area (Å²) >= 11 is 0. The normalized spacial score (nSPS) is 26.8. The molecule has 0 fully saturated rings. The van der Waals surface area contributed by atoms with E-state index in [4.69, 9.17) is 0 Å². The number of hydrogen-bond acceptors (Lipinski definition) is 1. The molecule has 1 heteroatoms. The number of allylic oxidation sites excluding steroid dienone is 2. The molecule has 1 N–H and O–H groups in total. The van der Waals surface area contributed by atoms with Gasteiger partial charge in [0.05, 0.1) is 0 Å². The van der Waals surface area contributed by atoms with Crippen molar-refractivity contribution in [2.24, 2.45) is 5.92 Å². The fourth-order valence-corrected chi connectivity index (χ4v) is 0.663. The van der Waals surface area contributed by atoms with Gasteiger partial charge in [-0.3, -0.25) is 0 Å². The van der Waals surface area contributed by atoms with Crippen molar-refractivity contribution in [2.75, 3.05) is 0 Å². The first kappa shape index (κ1) is 5.42. The molecule has 0 amide bonds. The summed E-state index contributed by atoms with van der Waals surface area (Å²) in [4.78, 5) is 0. The Morgan fingerprint density at radius 2 is 2.38 bits per heavy atom. The Morgan fingerprint density at radius 3 is 2.75 bits per heavy atom. The molecule has 0 aromatic heterocycles. The van der Waals surface area contributed by atoms with Crippen LogP contribution in [0.4, 0.5) is 0 Å². The van der Waals surface area contributed by atoms with Crippen LogP contribution in [0.15, 0.2) is 24.0 Å². The molecule has 0 aliphatic carbocycles. The molecular formula is C7H11N. The lowest BCUT2D eigenvalue weighted by molar-refractivity contribution is 0.817. The van der Waals surface area contributed by atoms with Gasteiger partial charge in [0.25, 0.3) is 0 Å². The lowest BCUT2D eigenvalue weighted by Gasteiger charge is -2.10. The predicted molar refractivity (Wildman–Crippen MR) is 35.2 cm³/mol. The zero-order chi connectivity index (χ0) is 5.98. The van der Waals surface area contributed by atoms with Crippen molar-refractivity contribution in [1.29, 1.82) is 0 Å². The SMILES string of the molecule is CC1=CNC=CC1C. The van der Waals surface area contributed by atoms with E-state index < -0.39 is 0 Å². The fourth-order valence-electron chi connectivity index (χ4n) is 0.663. The van der Waals surface area contributed by atoms with Crippen molar-refractivity contribution in [3.63, 3.8) is 0 Å². The minimum absolute atomic E-state index is 0.622. The molecule has 0 saturated carbocycles. The van der Waals surface area contributed by atoms with Crippen LogP contribution in [0.5, 0.6) is 0 Å². The minimum Gasteiger partial charge on any atom is -0.368 e. The second-order valence-electron chi connectivity index (χ2n) is 2.20. The minimum atomic E-state index is 0.622. The van der Waals surface area contributed by atoms with E-state index in [-0.39, 0.29) is 0 Å². The third-order valence-electron chi connectivity index (χ3n) is 1.51. The molecule has 1 unspecified atom stereocenters. The quantitative estimate of drug-likeness (QED) is 0.498. The molecule has 1 aliphatic heterocycles. The van der Waals surface area contributed by atoms with Crippen LogP contribution in [0.25, 0.3) is 0 Å². The molecule has 1 nitrogen and oxygen atoms in total. The molecule has 44 valence electrons. The van der Waals surface area contributed by atoms with Gasteiger partial charge in [-0.2, -0.15) is 0 Å². The van der Waals surface area contributed by atoms with Crippen molar-refractivity contribution < 1.29 is 0 Å².